The first-order valence-corrected chi connectivity index (χ1v) is 9.59. The Morgan fingerprint density at radius 3 is 2.38 bits per heavy atom. The van der Waals surface area contributed by atoms with Gasteiger partial charge in [-0.15, -0.1) is 11.3 Å². The molecule has 0 amide bonds. The molecule has 0 saturated heterocycles. The van der Waals surface area contributed by atoms with Crippen molar-refractivity contribution in [1.29, 1.82) is 0 Å². The number of thiophene rings is 1. The summed E-state index contributed by atoms with van der Waals surface area (Å²) in [6.45, 7) is 1.80. The predicted octanol–water partition coefficient (Wildman–Crippen LogP) is 4.93. The Balaban J connectivity index is 2.17. The molecule has 0 aliphatic carbocycles. The molecule has 1 aromatic carbocycles. The number of rotatable bonds is 5. The standard InChI is InChI=1S/C12H10BrF2NO2S3/c1-7-6-10(20-11(7)13)21(17,18)16-8-2-4-9(5-3-8)19-12(14)15/h2-6,12,16H,1H3. The molecule has 114 valence electrons. The van der Waals surface area contributed by atoms with Crippen LogP contribution >= 0.6 is 39.0 Å². The summed E-state index contributed by atoms with van der Waals surface area (Å²) in [5, 5.41) is 0. The highest BCUT2D eigenvalue weighted by atomic mass is 79.9. The fourth-order valence-electron chi connectivity index (χ4n) is 1.47. The summed E-state index contributed by atoms with van der Waals surface area (Å²) in [7, 11) is -3.67. The van der Waals surface area contributed by atoms with Crippen LogP contribution in [0.15, 0.2) is 43.2 Å². The van der Waals surface area contributed by atoms with E-state index >= 15 is 0 Å². The monoisotopic (exact) mass is 413 g/mol. The van der Waals surface area contributed by atoms with E-state index in [1.165, 1.54) is 24.3 Å². The van der Waals surface area contributed by atoms with Crippen molar-refractivity contribution in [1.82, 2.24) is 0 Å². The molecule has 0 fully saturated rings. The number of aryl methyl sites for hydroxylation is 1. The highest BCUT2D eigenvalue weighted by Gasteiger charge is 2.18. The molecular weight excluding hydrogens is 404 g/mol. The first-order chi connectivity index (χ1) is 9.78. The number of sulfonamides is 1. The summed E-state index contributed by atoms with van der Waals surface area (Å²) >= 11 is 4.81. The zero-order valence-corrected chi connectivity index (χ0v) is 14.7. The summed E-state index contributed by atoms with van der Waals surface area (Å²) < 4.78 is 52.1. The van der Waals surface area contributed by atoms with E-state index < -0.39 is 15.8 Å². The van der Waals surface area contributed by atoms with E-state index in [1.54, 1.807) is 13.0 Å². The molecular formula is C12H10BrF2NO2S3. The van der Waals surface area contributed by atoms with Crippen LogP contribution in [0.2, 0.25) is 0 Å². The second-order valence-electron chi connectivity index (χ2n) is 4.03. The average Bonchev–Trinajstić information content (AvgIpc) is 2.72. The lowest BCUT2D eigenvalue weighted by atomic mass is 10.3. The first kappa shape index (κ1) is 16.7. The molecule has 1 N–H and O–H groups in total. The van der Waals surface area contributed by atoms with Gasteiger partial charge < -0.3 is 0 Å². The maximum Gasteiger partial charge on any atom is 0.288 e. The van der Waals surface area contributed by atoms with Gasteiger partial charge in [0.05, 0.1) is 3.79 Å². The summed E-state index contributed by atoms with van der Waals surface area (Å²) in [5.41, 5.74) is 1.17. The Labute approximate surface area is 137 Å². The summed E-state index contributed by atoms with van der Waals surface area (Å²) in [4.78, 5) is 0.377. The zero-order chi connectivity index (χ0) is 15.6. The Morgan fingerprint density at radius 1 is 1.29 bits per heavy atom. The van der Waals surface area contributed by atoms with Gasteiger partial charge in [-0.1, -0.05) is 11.8 Å². The van der Waals surface area contributed by atoms with Crippen molar-refractivity contribution in [2.75, 3.05) is 4.72 Å². The van der Waals surface area contributed by atoms with Gasteiger partial charge in [0.15, 0.2) is 0 Å². The van der Waals surface area contributed by atoms with Gasteiger partial charge >= 0.3 is 0 Å². The van der Waals surface area contributed by atoms with Gasteiger partial charge in [-0.05, 0) is 58.7 Å². The molecule has 0 aliphatic heterocycles. The largest absolute Gasteiger partial charge is 0.288 e. The minimum Gasteiger partial charge on any atom is -0.279 e. The number of nitrogens with one attached hydrogen (secondary N) is 1. The molecule has 2 rings (SSSR count). The molecule has 0 atom stereocenters. The average molecular weight is 414 g/mol. The summed E-state index contributed by atoms with van der Waals surface area (Å²) in [5.74, 6) is -2.50. The zero-order valence-electron chi connectivity index (χ0n) is 10.6. The van der Waals surface area contributed by atoms with E-state index in [9.17, 15) is 17.2 Å². The second-order valence-corrected chi connectivity index (χ2v) is 9.37. The van der Waals surface area contributed by atoms with Crippen molar-refractivity contribution >= 4 is 54.7 Å². The molecule has 0 bridgehead atoms. The lowest BCUT2D eigenvalue weighted by Gasteiger charge is -2.07. The second kappa shape index (κ2) is 6.64. The fraction of sp³-hybridized carbons (Fsp3) is 0.167. The maximum absolute atomic E-state index is 12.2. The molecule has 0 aliphatic rings. The normalized spacial score (nSPS) is 11.9. The number of thioether (sulfide) groups is 1. The van der Waals surface area contributed by atoms with Crippen molar-refractivity contribution in [3.63, 3.8) is 0 Å². The molecule has 21 heavy (non-hydrogen) atoms. The third-order valence-corrected chi connectivity index (χ3v) is 7.15. The van der Waals surface area contributed by atoms with Crippen molar-refractivity contribution in [2.24, 2.45) is 0 Å². The molecule has 1 aromatic heterocycles. The van der Waals surface area contributed by atoms with Gasteiger partial charge in [0, 0.05) is 10.6 Å². The molecule has 3 nitrogen and oxygen atoms in total. The molecule has 2 aromatic rings. The summed E-state index contributed by atoms with van der Waals surface area (Å²) in [6, 6.07) is 7.38. The molecule has 0 radical (unpaired) electrons. The fourth-order valence-corrected chi connectivity index (χ4v) is 5.26. The Morgan fingerprint density at radius 2 is 1.90 bits per heavy atom. The van der Waals surface area contributed by atoms with Crippen molar-refractivity contribution < 1.29 is 17.2 Å². The van der Waals surface area contributed by atoms with Crippen LogP contribution in [-0.2, 0) is 10.0 Å². The molecule has 0 saturated carbocycles. The minimum absolute atomic E-state index is 0.193. The van der Waals surface area contributed by atoms with Gasteiger partial charge in [-0.2, -0.15) is 8.78 Å². The van der Waals surface area contributed by atoms with Gasteiger partial charge in [0.2, 0.25) is 0 Å². The van der Waals surface area contributed by atoms with E-state index in [2.05, 4.69) is 20.7 Å². The van der Waals surface area contributed by atoms with Crippen LogP contribution in [0.3, 0.4) is 0 Å². The van der Waals surface area contributed by atoms with Crippen LogP contribution in [0.5, 0.6) is 0 Å². The Kier molecular flexibility index (Phi) is 5.29. The molecule has 0 spiro atoms. The lowest BCUT2D eigenvalue weighted by molar-refractivity contribution is 0.252. The van der Waals surface area contributed by atoms with E-state index in [0.29, 0.717) is 22.3 Å². The third-order valence-electron chi connectivity index (χ3n) is 2.43. The van der Waals surface area contributed by atoms with Crippen LogP contribution in [0.4, 0.5) is 14.5 Å². The molecule has 9 heteroatoms. The topological polar surface area (TPSA) is 46.2 Å². The van der Waals surface area contributed by atoms with E-state index in [4.69, 9.17) is 0 Å². The quantitative estimate of drug-likeness (QED) is 0.706. The van der Waals surface area contributed by atoms with Crippen LogP contribution < -0.4 is 4.72 Å². The van der Waals surface area contributed by atoms with Crippen LogP contribution in [-0.4, -0.2) is 14.2 Å². The predicted molar refractivity (Wildman–Crippen MR) is 85.9 cm³/mol. The number of alkyl halides is 2. The highest BCUT2D eigenvalue weighted by Crippen LogP contribution is 2.32. The number of hydrogen-bond donors (Lipinski definition) is 1. The lowest BCUT2D eigenvalue weighted by Crippen LogP contribution is -2.11. The van der Waals surface area contributed by atoms with Gasteiger partial charge in [0.1, 0.15) is 4.21 Å². The molecule has 1 heterocycles. The highest BCUT2D eigenvalue weighted by molar-refractivity contribution is 9.11. The van der Waals surface area contributed by atoms with Gasteiger partial charge in [-0.3, -0.25) is 4.72 Å². The van der Waals surface area contributed by atoms with E-state index in [1.807, 2.05) is 0 Å². The SMILES string of the molecule is Cc1cc(S(=O)(=O)Nc2ccc(SC(F)F)cc2)sc1Br. The van der Waals surface area contributed by atoms with Gasteiger partial charge in [-0.25, -0.2) is 8.42 Å². The van der Waals surface area contributed by atoms with Crippen LogP contribution in [0.1, 0.15) is 5.56 Å². The van der Waals surface area contributed by atoms with Crippen LogP contribution in [0.25, 0.3) is 0 Å². The van der Waals surface area contributed by atoms with Crippen molar-refractivity contribution in [3.05, 3.63) is 39.7 Å². The van der Waals surface area contributed by atoms with E-state index in [0.717, 1.165) is 20.7 Å². The Hall–Kier alpha value is -0.640. The molecule has 0 unspecified atom stereocenters. The summed E-state index contributed by atoms with van der Waals surface area (Å²) in [6.07, 6.45) is 0. The van der Waals surface area contributed by atoms with Crippen LogP contribution in [0, 0.1) is 6.92 Å². The number of anilines is 1. The van der Waals surface area contributed by atoms with E-state index in [-0.39, 0.29) is 4.21 Å². The number of benzene rings is 1. The first-order valence-electron chi connectivity index (χ1n) is 5.61. The van der Waals surface area contributed by atoms with Crippen molar-refractivity contribution in [3.8, 4) is 0 Å². The smallest absolute Gasteiger partial charge is 0.279 e. The maximum atomic E-state index is 12.2. The Bertz CT molecular complexity index is 710. The minimum atomic E-state index is -3.67. The van der Waals surface area contributed by atoms with Crippen molar-refractivity contribution in [2.45, 2.75) is 21.8 Å². The number of hydrogen-bond acceptors (Lipinski definition) is 4. The third kappa shape index (κ3) is 4.41. The number of halogens is 3. The van der Waals surface area contributed by atoms with Gasteiger partial charge in [0.25, 0.3) is 15.8 Å².